The minimum atomic E-state index is -0.733. The summed E-state index contributed by atoms with van der Waals surface area (Å²) in [4.78, 5) is 22.4. The summed E-state index contributed by atoms with van der Waals surface area (Å²) in [6.07, 6.45) is 5.18. The summed E-state index contributed by atoms with van der Waals surface area (Å²) in [5.74, 6) is 0.0233. The van der Waals surface area contributed by atoms with Crippen molar-refractivity contribution >= 4 is 22.5 Å². The van der Waals surface area contributed by atoms with Gasteiger partial charge in [-0.2, -0.15) is 0 Å². The first-order chi connectivity index (χ1) is 15.5. The molecule has 0 amide bonds. The van der Waals surface area contributed by atoms with E-state index in [1.54, 1.807) is 18.6 Å². The van der Waals surface area contributed by atoms with E-state index < -0.39 is 11.8 Å². The monoisotopic (exact) mass is 427 g/mol. The zero-order chi connectivity index (χ0) is 22.1. The Bertz CT molecular complexity index is 1320. The molecule has 7 heteroatoms. The number of aromatic nitrogens is 2. The fraction of sp³-hybridized carbons (Fsp3) is 0.160. The van der Waals surface area contributed by atoms with Crippen LogP contribution in [0.2, 0.25) is 0 Å². The standard InChI is InChI=1S/C25H21N3O4/c1-25(2)30-22-11-10-18(14-23(22)31-25)21(15-28-13-12-26-16-28)27-32-24(29)20-9-5-7-17-6-3-4-8-19(17)20/h3-14,16H,15H2,1-2H3/b27-21+. The van der Waals surface area contributed by atoms with Crippen molar-refractivity contribution < 1.29 is 19.1 Å². The molecule has 1 aromatic heterocycles. The maximum absolute atomic E-state index is 12.9. The van der Waals surface area contributed by atoms with Crippen LogP contribution < -0.4 is 9.47 Å². The average molecular weight is 427 g/mol. The van der Waals surface area contributed by atoms with E-state index in [1.807, 2.05) is 79.2 Å². The van der Waals surface area contributed by atoms with Gasteiger partial charge in [0.25, 0.3) is 0 Å². The number of fused-ring (bicyclic) bond motifs is 2. The number of benzene rings is 3. The van der Waals surface area contributed by atoms with Crippen molar-refractivity contribution in [3.8, 4) is 11.5 Å². The maximum atomic E-state index is 12.9. The zero-order valence-electron chi connectivity index (χ0n) is 17.7. The summed E-state index contributed by atoms with van der Waals surface area (Å²) in [7, 11) is 0. The summed E-state index contributed by atoms with van der Waals surface area (Å²) in [6, 6.07) is 18.7. The predicted molar refractivity (Wildman–Crippen MR) is 120 cm³/mol. The molecule has 160 valence electrons. The Morgan fingerprint density at radius 2 is 1.88 bits per heavy atom. The fourth-order valence-electron chi connectivity index (χ4n) is 3.68. The number of hydrogen-bond donors (Lipinski definition) is 0. The lowest BCUT2D eigenvalue weighted by molar-refractivity contribution is -0.0431. The second kappa shape index (κ2) is 7.85. The number of hydrogen-bond acceptors (Lipinski definition) is 6. The first-order valence-corrected chi connectivity index (χ1v) is 10.2. The highest BCUT2D eigenvalue weighted by atomic mass is 16.7. The number of oxime groups is 1. The Balaban J connectivity index is 1.47. The number of nitrogens with zero attached hydrogens (tertiary/aromatic N) is 3. The van der Waals surface area contributed by atoms with Crippen molar-refractivity contribution in [3.63, 3.8) is 0 Å². The molecule has 3 aromatic carbocycles. The van der Waals surface area contributed by atoms with Gasteiger partial charge in [0.2, 0.25) is 5.79 Å². The smallest absolute Gasteiger partial charge is 0.366 e. The summed E-state index contributed by atoms with van der Waals surface area (Å²) in [5.41, 5.74) is 1.76. The highest BCUT2D eigenvalue weighted by Gasteiger charge is 2.32. The molecule has 32 heavy (non-hydrogen) atoms. The van der Waals surface area contributed by atoms with Gasteiger partial charge in [-0.25, -0.2) is 9.78 Å². The van der Waals surface area contributed by atoms with Crippen molar-refractivity contribution in [2.45, 2.75) is 26.2 Å². The molecule has 0 bridgehead atoms. The van der Waals surface area contributed by atoms with Crippen molar-refractivity contribution in [3.05, 3.63) is 90.5 Å². The molecule has 1 aliphatic heterocycles. The molecule has 2 heterocycles. The van der Waals surface area contributed by atoms with Gasteiger partial charge in [0.15, 0.2) is 11.5 Å². The number of carbonyl (C=O) groups is 1. The van der Waals surface area contributed by atoms with Crippen LogP contribution in [0.15, 0.2) is 84.5 Å². The molecule has 0 radical (unpaired) electrons. The molecule has 0 fully saturated rings. The number of ether oxygens (including phenoxy) is 2. The molecule has 0 atom stereocenters. The minimum absolute atomic E-state index is 0.367. The van der Waals surface area contributed by atoms with Crippen LogP contribution in [-0.2, 0) is 11.4 Å². The molecular weight excluding hydrogens is 406 g/mol. The second-order valence-electron chi connectivity index (χ2n) is 7.94. The van der Waals surface area contributed by atoms with Gasteiger partial charge in [0.05, 0.1) is 18.4 Å². The van der Waals surface area contributed by atoms with Crippen LogP contribution in [-0.4, -0.2) is 27.0 Å². The molecule has 0 spiro atoms. The molecule has 1 aliphatic rings. The van der Waals surface area contributed by atoms with E-state index in [-0.39, 0.29) is 0 Å². The SMILES string of the molecule is CC1(C)Oc2ccc(/C(Cn3ccnc3)=N/OC(=O)c3cccc4ccccc34)cc2O1. The third kappa shape index (κ3) is 3.92. The molecule has 4 aromatic rings. The van der Waals surface area contributed by atoms with E-state index in [4.69, 9.17) is 14.3 Å². The Labute approximate surface area is 184 Å². The lowest BCUT2D eigenvalue weighted by Crippen LogP contribution is -2.29. The van der Waals surface area contributed by atoms with Crippen LogP contribution in [0.25, 0.3) is 10.8 Å². The van der Waals surface area contributed by atoms with E-state index in [0.29, 0.717) is 29.3 Å². The fourth-order valence-corrected chi connectivity index (χ4v) is 3.68. The number of rotatable bonds is 5. The lowest BCUT2D eigenvalue weighted by atomic mass is 10.1. The van der Waals surface area contributed by atoms with Gasteiger partial charge in [-0.15, -0.1) is 0 Å². The summed E-state index contributed by atoms with van der Waals surface area (Å²) in [6.45, 7) is 4.06. The predicted octanol–water partition coefficient (Wildman–Crippen LogP) is 4.80. The van der Waals surface area contributed by atoms with Crippen molar-refractivity contribution in [1.82, 2.24) is 9.55 Å². The third-order valence-corrected chi connectivity index (χ3v) is 5.13. The van der Waals surface area contributed by atoms with Gasteiger partial charge in [0.1, 0.15) is 5.71 Å². The van der Waals surface area contributed by atoms with E-state index in [0.717, 1.165) is 16.3 Å². The average Bonchev–Trinajstić information content (AvgIpc) is 3.41. The quantitative estimate of drug-likeness (QED) is 0.260. The molecule has 0 aliphatic carbocycles. The van der Waals surface area contributed by atoms with Gasteiger partial charge in [-0.1, -0.05) is 41.6 Å². The van der Waals surface area contributed by atoms with Crippen LogP contribution in [0.3, 0.4) is 0 Å². The van der Waals surface area contributed by atoms with E-state index >= 15 is 0 Å². The van der Waals surface area contributed by atoms with Crippen molar-refractivity contribution in [2.24, 2.45) is 5.16 Å². The molecule has 0 saturated carbocycles. The van der Waals surface area contributed by atoms with Gasteiger partial charge >= 0.3 is 5.97 Å². The summed E-state index contributed by atoms with van der Waals surface area (Å²) < 4.78 is 13.5. The minimum Gasteiger partial charge on any atom is -0.449 e. The summed E-state index contributed by atoms with van der Waals surface area (Å²) >= 11 is 0. The van der Waals surface area contributed by atoms with E-state index in [2.05, 4.69) is 10.1 Å². The van der Waals surface area contributed by atoms with Crippen LogP contribution in [0, 0.1) is 0 Å². The largest absolute Gasteiger partial charge is 0.449 e. The van der Waals surface area contributed by atoms with Crippen molar-refractivity contribution in [1.29, 1.82) is 0 Å². The number of carbonyl (C=O) groups excluding carboxylic acids is 1. The molecule has 7 nitrogen and oxygen atoms in total. The highest BCUT2D eigenvalue weighted by Crippen LogP contribution is 2.39. The Morgan fingerprint density at radius 1 is 1.06 bits per heavy atom. The van der Waals surface area contributed by atoms with Gasteiger partial charge in [-0.05, 0) is 35.0 Å². The molecule has 0 saturated heterocycles. The molecular formula is C25H21N3O4. The highest BCUT2D eigenvalue weighted by molar-refractivity contribution is 6.05. The van der Waals surface area contributed by atoms with Crippen LogP contribution in [0.1, 0.15) is 29.8 Å². The van der Waals surface area contributed by atoms with Gasteiger partial charge in [-0.3, -0.25) is 0 Å². The van der Waals surface area contributed by atoms with E-state index in [9.17, 15) is 4.79 Å². The van der Waals surface area contributed by atoms with Crippen LogP contribution in [0.5, 0.6) is 11.5 Å². The molecule has 5 rings (SSSR count). The van der Waals surface area contributed by atoms with Gasteiger partial charge < -0.3 is 18.9 Å². The zero-order valence-corrected chi connectivity index (χ0v) is 17.7. The molecule has 0 N–H and O–H groups in total. The Hall–Kier alpha value is -4.13. The topological polar surface area (TPSA) is 74.9 Å². The lowest BCUT2D eigenvalue weighted by Gasteiger charge is -2.16. The van der Waals surface area contributed by atoms with Gasteiger partial charge in [0, 0.05) is 31.8 Å². The Morgan fingerprint density at radius 3 is 2.72 bits per heavy atom. The van der Waals surface area contributed by atoms with Crippen molar-refractivity contribution in [2.75, 3.05) is 0 Å². The number of imidazole rings is 1. The Kier molecular flexibility index (Phi) is 4.86. The molecule has 0 unspecified atom stereocenters. The first-order valence-electron chi connectivity index (χ1n) is 10.2. The first kappa shape index (κ1) is 19.8. The normalized spacial score (nSPS) is 14.5. The second-order valence-corrected chi connectivity index (χ2v) is 7.94. The maximum Gasteiger partial charge on any atom is 0.366 e. The third-order valence-electron chi connectivity index (χ3n) is 5.13. The summed E-state index contributed by atoms with van der Waals surface area (Å²) in [5, 5.41) is 6.01. The van der Waals surface area contributed by atoms with Crippen LogP contribution in [0.4, 0.5) is 0 Å². The van der Waals surface area contributed by atoms with Crippen LogP contribution >= 0.6 is 0 Å². The van der Waals surface area contributed by atoms with E-state index in [1.165, 1.54) is 0 Å².